The molecule has 0 aromatic rings. The van der Waals surface area contributed by atoms with Gasteiger partial charge in [0.25, 0.3) is 0 Å². The highest BCUT2D eigenvalue weighted by Gasteiger charge is 2.65. The number of hydrogen-bond acceptors (Lipinski definition) is 2. The fourth-order valence-electron chi connectivity index (χ4n) is 2.49. The molecule has 3 unspecified atom stereocenters. The van der Waals surface area contributed by atoms with E-state index < -0.39 is 0 Å². The maximum atomic E-state index is 11.4. The van der Waals surface area contributed by atoms with E-state index in [9.17, 15) is 9.90 Å². The van der Waals surface area contributed by atoms with Crippen LogP contribution < -0.4 is 0 Å². The van der Waals surface area contributed by atoms with Crippen molar-refractivity contribution in [2.75, 3.05) is 0 Å². The zero-order chi connectivity index (χ0) is 9.09. The largest absolute Gasteiger partial charge is 0.388 e. The minimum atomic E-state index is -0.386. The van der Waals surface area contributed by atoms with E-state index in [0.29, 0.717) is 0 Å². The number of carbonyl (C=O) groups is 1. The number of ketones is 1. The van der Waals surface area contributed by atoms with Gasteiger partial charge in [-0.1, -0.05) is 13.8 Å². The van der Waals surface area contributed by atoms with Crippen molar-refractivity contribution in [1.29, 1.82) is 0 Å². The SMILES string of the molecule is CC1=CC(=O)C2C(C1O)C2(C)C. The van der Waals surface area contributed by atoms with Gasteiger partial charge in [0.05, 0.1) is 6.10 Å². The standard InChI is InChI=1S/C10H14O2/c1-5-4-6(11)7-8(9(5)12)10(7,2)3/h4,7-9,12H,1-3H3. The summed E-state index contributed by atoms with van der Waals surface area (Å²) in [6.07, 6.45) is 1.21. The highest BCUT2D eigenvalue weighted by molar-refractivity contribution is 5.97. The molecule has 0 aliphatic heterocycles. The van der Waals surface area contributed by atoms with Crippen LogP contribution in [0.2, 0.25) is 0 Å². The number of allylic oxidation sites excluding steroid dienone is 1. The second-order valence-corrected chi connectivity index (χ2v) is 4.56. The Bertz CT molecular complexity index is 276. The molecule has 1 N–H and O–H groups in total. The molecular formula is C10H14O2. The van der Waals surface area contributed by atoms with Gasteiger partial charge in [-0.05, 0) is 24.0 Å². The molecular weight excluding hydrogens is 152 g/mol. The molecule has 2 aliphatic carbocycles. The van der Waals surface area contributed by atoms with Crippen LogP contribution in [0.3, 0.4) is 0 Å². The Kier molecular flexibility index (Phi) is 1.33. The Morgan fingerprint density at radius 3 is 2.67 bits per heavy atom. The summed E-state index contributed by atoms with van der Waals surface area (Å²) in [6, 6.07) is 0. The molecule has 66 valence electrons. The lowest BCUT2D eigenvalue weighted by Crippen LogP contribution is -2.20. The number of aliphatic hydroxyl groups excluding tert-OH is 1. The first-order valence-corrected chi connectivity index (χ1v) is 4.36. The number of aliphatic hydroxyl groups is 1. The summed E-state index contributed by atoms with van der Waals surface area (Å²) in [5.41, 5.74) is 0.844. The second kappa shape index (κ2) is 1.99. The lowest BCUT2D eigenvalue weighted by Gasteiger charge is -2.14. The van der Waals surface area contributed by atoms with Crippen molar-refractivity contribution in [3.05, 3.63) is 11.6 Å². The molecule has 0 heterocycles. The Labute approximate surface area is 72.3 Å². The Morgan fingerprint density at radius 1 is 1.50 bits per heavy atom. The van der Waals surface area contributed by atoms with Gasteiger partial charge in [-0.25, -0.2) is 0 Å². The summed E-state index contributed by atoms with van der Waals surface area (Å²) >= 11 is 0. The molecule has 0 aromatic carbocycles. The topological polar surface area (TPSA) is 37.3 Å². The van der Waals surface area contributed by atoms with Gasteiger partial charge in [-0.3, -0.25) is 4.79 Å². The highest BCUT2D eigenvalue weighted by Crippen LogP contribution is 2.62. The fraction of sp³-hybridized carbons (Fsp3) is 0.700. The van der Waals surface area contributed by atoms with Crippen LogP contribution in [0.15, 0.2) is 11.6 Å². The third-order valence-electron chi connectivity index (χ3n) is 3.39. The van der Waals surface area contributed by atoms with Crippen LogP contribution in [-0.4, -0.2) is 17.0 Å². The van der Waals surface area contributed by atoms with Gasteiger partial charge < -0.3 is 5.11 Å². The monoisotopic (exact) mass is 166 g/mol. The predicted octanol–water partition coefficient (Wildman–Crippen LogP) is 1.15. The maximum absolute atomic E-state index is 11.4. The first-order chi connectivity index (χ1) is 5.46. The normalized spacial score (nSPS) is 43.5. The van der Waals surface area contributed by atoms with Gasteiger partial charge in [0.1, 0.15) is 0 Å². The second-order valence-electron chi connectivity index (χ2n) is 4.56. The lowest BCUT2D eigenvalue weighted by molar-refractivity contribution is -0.117. The zero-order valence-electron chi connectivity index (χ0n) is 7.66. The van der Waals surface area contributed by atoms with Crippen molar-refractivity contribution in [3.8, 4) is 0 Å². The average Bonchev–Trinajstić information content (AvgIpc) is 2.50. The predicted molar refractivity (Wildman–Crippen MR) is 45.5 cm³/mol. The van der Waals surface area contributed by atoms with Crippen LogP contribution in [0.1, 0.15) is 20.8 Å². The molecule has 2 aliphatic rings. The Balaban J connectivity index is 2.35. The van der Waals surface area contributed by atoms with Crippen molar-refractivity contribution in [1.82, 2.24) is 0 Å². The maximum Gasteiger partial charge on any atom is 0.159 e. The zero-order valence-corrected chi connectivity index (χ0v) is 7.66. The molecule has 0 radical (unpaired) electrons. The average molecular weight is 166 g/mol. The van der Waals surface area contributed by atoms with Gasteiger partial charge in [0.2, 0.25) is 0 Å². The third kappa shape index (κ3) is 0.761. The van der Waals surface area contributed by atoms with Crippen LogP contribution in [-0.2, 0) is 4.79 Å². The summed E-state index contributed by atoms with van der Waals surface area (Å²) in [4.78, 5) is 11.4. The van der Waals surface area contributed by atoms with E-state index in [1.807, 2.05) is 6.92 Å². The molecule has 0 spiro atoms. The number of carbonyl (C=O) groups excluding carboxylic acids is 1. The van der Waals surface area contributed by atoms with Crippen molar-refractivity contribution < 1.29 is 9.90 Å². The van der Waals surface area contributed by atoms with Crippen LogP contribution >= 0.6 is 0 Å². The van der Waals surface area contributed by atoms with Gasteiger partial charge >= 0.3 is 0 Å². The van der Waals surface area contributed by atoms with Gasteiger partial charge in [-0.15, -0.1) is 0 Å². The van der Waals surface area contributed by atoms with Crippen LogP contribution in [0.25, 0.3) is 0 Å². The summed E-state index contributed by atoms with van der Waals surface area (Å²) < 4.78 is 0. The minimum absolute atomic E-state index is 0.0186. The van der Waals surface area contributed by atoms with E-state index in [4.69, 9.17) is 0 Å². The molecule has 1 fully saturated rings. The molecule has 2 heteroatoms. The van der Waals surface area contributed by atoms with Crippen LogP contribution in [0.4, 0.5) is 0 Å². The molecule has 0 saturated heterocycles. The quantitative estimate of drug-likeness (QED) is 0.586. The summed E-state index contributed by atoms with van der Waals surface area (Å²) in [5.74, 6) is 0.457. The molecule has 0 aromatic heterocycles. The first kappa shape index (κ1) is 7.99. The summed E-state index contributed by atoms with van der Waals surface area (Å²) in [6.45, 7) is 5.93. The molecule has 12 heavy (non-hydrogen) atoms. The molecule has 0 amide bonds. The van der Waals surface area contributed by atoms with Crippen molar-refractivity contribution in [3.63, 3.8) is 0 Å². The summed E-state index contributed by atoms with van der Waals surface area (Å²) in [5, 5.41) is 9.72. The van der Waals surface area contributed by atoms with Gasteiger partial charge in [0.15, 0.2) is 5.78 Å². The number of fused-ring (bicyclic) bond motifs is 1. The molecule has 1 saturated carbocycles. The lowest BCUT2D eigenvalue weighted by atomic mass is 9.97. The van der Waals surface area contributed by atoms with Crippen molar-refractivity contribution >= 4 is 5.78 Å². The van der Waals surface area contributed by atoms with E-state index in [0.717, 1.165) is 5.57 Å². The van der Waals surface area contributed by atoms with E-state index >= 15 is 0 Å². The number of hydrogen-bond donors (Lipinski definition) is 1. The van der Waals surface area contributed by atoms with E-state index in [1.165, 1.54) is 0 Å². The third-order valence-corrected chi connectivity index (χ3v) is 3.39. The smallest absolute Gasteiger partial charge is 0.159 e. The highest BCUT2D eigenvalue weighted by atomic mass is 16.3. The Morgan fingerprint density at radius 2 is 2.08 bits per heavy atom. The van der Waals surface area contributed by atoms with Crippen LogP contribution in [0, 0.1) is 17.3 Å². The minimum Gasteiger partial charge on any atom is -0.388 e. The molecule has 3 atom stereocenters. The fourth-order valence-corrected chi connectivity index (χ4v) is 2.49. The van der Waals surface area contributed by atoms with Crippen LogP contribution in [0.5, 0.6) is 0 Å². The van der Waals surface area contributed by atoms with Gasteiger partial charge in [0, 0.05) is 11.8 Å². The summed E-state index contributed by atoms with van der Waals surface area (Å²) in [7, 11) is 0. The van der Waals surface area contributed by atoms with Gasteiger partial charge in [-0.2, -0.15) is 0 Å². The first-order valence-electron chi connectivity index (χ1n) is 4.36. The molecule has 2 nitrogen and oxygen atoms in total. The van der Waals surface area contributed by atoms with E-state index in [2.05, 4.69) is 13.8 Å². The van der Waals surface area contributed by atoms with E-state index in [1.54, 1.807) is 6.08 Å². The van der Waals surface area contributed by atoms with E-state index in [-0.39, 0.29) is 29.1 Å². The molecule has 0 bridgehead atoms. The van der Waals surface area contributed by atoms with Crippen molar-refractivity contribution in [2.24, 2.45) is 17.3 Å². The molecule has 2 rings (SSSR count). The Hall–Kier alpha value is -0.630. The number of rotatable bonds is 0. The van der Waals surface area contributed by atoms with Crippen molar-refractivity contribution in [2.45, 2.75) is 26.9 Å².